The van der Waals surface area contributed by atoms with E-state index in [1.54, 1.807) is 0 Å². The van der Waals surface area contributed by atoms with Crippen LogP contribution in [0.3, 0.4) is 0 Å². The number of hydrogen-bond acceptors (Lipinski definition) is 3. The number of aromatic carboxylic acids is 1. The van der Waals surface area contributed by atoms with Crippen LogP contribution in [0.15, 0.2) is 42.6 Å². The lowest BCUT2D eigenvalue weighted by atomic mass is 10.1. The van der Waals surface area contributed by atoms with Crippen LogP contribution in [0.2, 0.25) is 5.15 Å². The van der Waals surface area contributed by atoms with Crippen molar-refractivity contribution in [1.29, 1.82) is 0 Å². The zero-order valence-electron chi connectivity index (χ0n) is 12.6. The van der Waals surface area contributed by atoms with Crippen molar-refractivity contribution in [2.75, 3.05) is 0 Å². The van der Waals surface area contributed by atoms with E-state index in [2.05, 4.69) is 10.1 Å². The minimum Gasteiger partial charge on any atom is -0.476 e. The van der Waals surface area contributed by atoms with Crippen LogP contribution in [0.25, 0.3) is 16.9 Å². The number of carboxylic acid groups (broad SMARTS) is 1. The molecule has 10 heteroatoms. The van der Waals surface area contributed by atoms with Crippen molar-refractivity contribution < 1.29 is 27.5 Å². The van der Waals surface area contributed by atoms with Crippen molar-refractivity contribution in [2.24, 2.45) is 0 Å². The molecule has 0 saturated heterocycles. The average Bonchev–Trinajstić information content (AvgIpc) is 2.99. The Kier molecular flexibility index (Phi) is 4.41. The van der Waals surface area contributed by atoms with Crippen molar-refractivity contribution >= 4 is 17.6 Å². The maximum absolute atomic E-state index is 13.9. The third kappa shape index (κ3) is 3.25. The predicted molar refractivity (Wildman–Crippen MR) is 83.7 cm³/mol. The molecule has 134 valence electrons. The number of aromatic nitrogens is 3. The molecule has 0 spiro atoms. The van der Waals surface area contributed by atoms with Gasteiger partial charge in [0.15, 0.2) is 5.69 Å². The molecule has 0 fully saturated rings. The highest BCUT2D eigenvalue weighted by Crippen LogP contribution is 2.34. The van der Waals surface area contributed by atoms with Crippen LogP contribution in [0.1, 0.15) is 16.1 Å². The molecular formula is C16H8ClF4N3O2. The fraction of sp³-hybridized carbons (Fsp3) is 0.0625. The van der Waals surface area contributed by atoms with Crippen LogP contribution in [0.4, 0.5) is 17.6 Å². The lowest BCUT2D eigenvalue weighted by Crippen LogP contribution is -2.09. The number of hydrogen-bond donors (Lipinski definition) is 1. The summed E-state index contributed by atoms with van der Waals surface area (Å²) < 4.78 is 53.1. The Balaban J connectivity index is 2.21. The standard InChI is InChI=1S/C16H8ClF4N3O2/c17-14-9(2-1-5-22-14)13-7-12(15(25)26)23-24(13)8-3-4-10(11(18)6-8)16(19,20)21/h1-7H,(H,25,26). The fourth-order valence-electron chi connectivity index (χ4n) is 2.32. The zero-order valence-corrected chi connectivity index (χ0v) is 13.4. The van der Waals surface area contributed by atoms with E-state index in [1.165, 1.54) is 24.4 Å². The summed E-state index contributed by atoms with van der Waals surface area (Å²) in [5.41, 5.74) is -1.50. The number of carboxylic acids is 1. The Morgan fingerprint density at radius 3 is 2.50 bits per heavy atom. The second kappa shape index (κ2) is 6.41. The zero-order chi connectivity index (χ0) is 19.1. The number of carbonyl (C=O) groups is 1. The van der Waals surface area contributed by atoms with Gasteiger partial charge >= 0.3 is 12.1 Å². The molecule has 0 aliphatic carbocycles. The molecular weight excluding hydrogens is 378 g/mol. The van der Waals surface area contributed by atoms with E-state index in [9.17, 15) is 22.4 Å². The largest absolute Gasteiger partial charge is 0.476 e. The normalized spacial score (nSPS) is 11.6. The van der Waals surface area contributed by atoms with Crippen LogP contribution in [-0.4, -0.2) is 25.8 Å². The molecule has 0 saturated carbocycles. The Labute approximate surface area is 148 Å². The molecule has 3 aromatic rings. The van der Waals surface area contributed by atoms with Gasteiger partial charge < -0.3 is 5.11 Å². The van der Waals surface area contributed by atoms with Gasteiger partial charge in [0, 0.05) is 17.8 Å². The number of alkyl halides is 3. The number of benzene rings is 1. The summed E-state index contributed by atoms with van der Waals surface area (Å²) in [5, 5.41) is 13.0. The van der Waals surface area contributed by atoms with E-state index in [1.807, 2.05) is 0 Å². The second-order valence-corrected chi connectivity index (χ2v) is 5.49. The van der Waals surface area contributed by atoms with Crippen molar-refractivity contribution in [2.45, 2.75) is 6.18 Å². The van der Waals surface area contributed by atoms with Gasteiger partial charge in [-0.3, -0.25) is 0 Å². The van der Waals surface area contributed by atoms with Crippen LogP contribution in [-0.2, 0) is 6.18 Å². The van der Waals surface area contributed by atoms with Crippen molar-refractivity contribution in [3.8, 4) is 16.9 Å². The summed E-state index contributed by atoms with van der Waals surface area (Å²) in [4.78, 5) is 15.1. The van der Waals surface area contributed by atoms with Gasteiger partial charge in [-0.1, -0.05) is 11.6 Å². The van der Waals surface area contributed by atoms with Crippen molar-refractivity contribution in [1.82, 2.24) is 14.8 Å². The van der Waals surface area contributed by atoms with E-state index in [0.29, 0.717) is 12.1 Å². The highest BCUT2D eigenvalue weighted by molar-refractivity contribution is 6.32. The lowest BCUT2D eigenvalue weighted by Gasteiger charge is -2.12. The molecule has 0 aliphatic rings. The smallest absolute Gasteiger partial charge is 0.419 e. The molecule has 0 aliphatic heterocycles. The summed E-state index contributed by atoms with van der Waals surface area (Å²) in [6.45, 7) is 0. The third-order valence-electron chi connectivity index (χ3n) is 3.47. The number of rotatable bonds is 3. The Bertz CT molecular complexity index is 1000. The minimum absolute atomic E-state index is 0.0259. The van der Waals surface area contributed by atoms with Gasteiger partial charge in [0.25, 0.3) is 0 Å². The molecule has 5 nitrogen and oxygen atoms in total. The van der Waals surface area contributed by atoms with Gasteiger partial charge in [-0.05, 0) is 30.3 Å². The summed E-state index contributed by atoms with van der Waals surface area (Å²) in [6, 6.07) is 6.39. The first-order valence-electron chi connectivity index (χ1n) is 7.00. The molecule has 0 atom stereocenters. The first kappa shape index (κ1) is 17.9. The van der Waals surface area contributed by atoms with E-state index in [4.69, 9.17) is 16.7 Å². The number of nitrogens with zero attached hydrogens (tertiary/aromatic N) is 3. The molecule has 1 N–H and O–H groups in total. The predicted octanol–water partition coefficient (Wildman–Crippen LogP) is 4.44. The molecule has 2 aromatic heterocycles. The molecule has 0 bridgehead atoms. The van der Waals surface area contributed by atoms with E-state index < -0.39 is 23.5 Å². The molecule has 0 unspecified atom stereocenters. The van der Waals surface area contributed by atoms with Gasteiger partial charge in [0.2, 0.25) is 0 Å². The Hall–Kier alpha value is -2.94. The van der Waals surface area contributed by atoms with Gasteiger partial charge in [-0.25, -0.2) is 18.9 Å². The summed E-state index contributed by atoms with van der Waals surface area (Å²) in [6.07, 6.45) is -3.45. The fourth-order valence-corrected chi connectivity index (χ4v) is 2.53. The second-order valence-electron chi connectivity index (χ2n) is 5.14. The maximum atomic E-state index is 13.9. The first-order chi connectivity index (χ1) is 12.2. The average molecular weight is 386 g/mol. The topological polar surface area (TPSA) is 68.0 Å². The molecule has 2 heterocycles. The number of halogens is 5. The Morgan fingerprint density at radius 2 is 1.92 bits per heavy atom. The van der Waals surface area contributed by atoms with Gasteiger partial charge in [0.1, 0.15) is 11.0 Å². The first-order valence-corrected chi connectivity index (χ1v) is 7.37. The summed E-state index contributed by atoms with van der Waals surface area (Å²) >= 11 is 6.00. The minimum atomic E-state index is -4.85. The monoisotopic (exact) mass is 385 g/mol. The highest BCUT2D eigenvalue weighted by atomic mass is 35.5. The molecule has 0 amide bonds. The molecule has 26 heavy (non-hydrogen) atoms. The maximum Gasteiger partial charge on any atom is 0.419 e. The van der Waals surface area contributed by atoms with Gasteiger partial charge in [-0.15, -0.1) is 0 Å². The molecule has 3 rings (SSSR count). The van der Waals surface area contributed by atoms with Crippen molar-refractivity contribution in [3.05, 3.63) is 64.8 Å². The SMILES string of the molecule is O=C(O)c1cc(-c2cccnc2Cl)n(-c2ccc(C(F)(F)F)c(F)c2)n1. The lowest BCUT2D eigenvalue weighted by molar-refractivity contribution is -0.140. The molecule has 1 aromatic carbocycles. The van der Waals surface area contributed by atoms with E-state index in [-0.39, 0.29) is 27.8 Å². The Morgan fingerprint density at radius 1 is 1.19 bits per heavy atom. The van der Waals surface area contributed by atoms with Crippen LogP contribution < -0.4 is 0 Å². The van der Waals surface area contributed by atoms with Crippen LogP contribution in [0, 0.1) is 5.82 Å². The third-order valence-corrected chi connectivity index (χ3v) is 3.77. The van der Waals surface area contributed by atoms with E-state index in [0.717, 1.165) is 10.7 Å². The van der Waals surface area contributed by atoms with E-state index >= 15 is 0 Å². The van der Waals surface area contributed by atoms with Crippen molar-refractivity contribution in [3.63, 3.8) is 0 Å². The van der Waals surface area contributed by atoms with Gasteiger partial charge in [-0.2, -0.15) is 18.3 Å². The number of pyridine rings is 1. The van der Waals surface area contributed by atoms with Gasteiger partial charge in [0.05, 0.1) is 16.9 Å². The molecule has 0 radical (unpaired) electrons. The summed E-state index contributed by atoms with van der Waals surface area (Å²) in [5.74, 6) is -2.87. The quantitative estimate of drug-likeness (QED) is 0.534. The highest BCUT2D eigenvalue weighted by Gasteiger charge is 2.34. The summed E-state index contributed by atoms with van der Waals surface area (Å²) in [7, 11) is 0. The van der Waals surface area contributed by atoms with Crippen LogP contribution in [0.5, 0.6) is 0 Å². The van der Waals surface area contributed by atoms with Crippen LogP contribution >= 0.6 is 11.6 Å².